The minimum Gasteiger partial charge on any atom is -0.391 e. The molecule has 6 nitrogen and oxygen atoms in total. The van der Waals surface area contributed by atoms with Crippen molar-refractivity contribution >= 4 is 5.82 Å². The SMILES string of the molecule is N#Cc1nc([N+](=O)[O-])c(CO)cc1C(F)F. The van der Waals surface area contributed by atoms with Gasteiger partial charge >= 0.3 is 5.82 Å². The topological polar surface area (TPSA) is 100 Å². The molecule has 0 aliphatic carbocycles. The van der Waals surface area contributed by atoms with Crippen molar-refractivity contribution in [3.8, 4) is 6.07 Å². The Hall–Kier alpha value is -2.14. The summed E-state index contributed by atoms with van der Waals surface area (Å²) in [6, 6.07) is 2.06. The third kappa shape index (κ3) is 2.09. The van der Waals surface area contributed by atoms with Crippen LogP contribution in [0.1, 0.15) is 23.2 Å². The van der Waals surface area contributed by atoms with E-state index < -0.39 is 35.0 Å². The summed E-state index contributed by atoms with van der Waals surface area (Å²) >= 11 is 0. The van der Waals surface area contributed by atoms with E-state index in [-0.39, 0.29) is 5.56 Å². The highest BCUT2D eigenvalue weighted by molar-refractivity contribution is 5.43. The zero-order valence-electron chi connectivity index (χ0n) is 7.72. The highest BCUT2D eigenvalue weighted by Crippen LogP contribution is 2.26. The Morgan fingerprint density at radius 2 is 2.31 bits per heavy atom. The Morgan fingerprint density at radius 3 is 2.69 bits per heavy atom. The number of hydrogen-bond acceptors (Lipinski definition) is 5. The summed E-state index contributed by atoms with van der Waals surface area (Å²) in [6.45, 7) is -0.797. The van der Waals surface area contributed by atoms with Crippen LogP contribution in [0.25, 0.3) is 0 Å². The minimum atomic E-state index is -2.98. The normalized spacial score (nSPS) is 10.2. The molecule has 0 unspecified atom stereocenters. The first-order chi connectivity index (χ1) is 7.51. The van der Waals surface area contributed by atoms with Crippen molar-refractivity contribution < 1.29 is 18.8 Å². The molecule has 1 aromatic heterocycles. The molecule has 8 heteroatoms. The number of nitrogens with zero attached hydrogens (tertiary/aromatic N) is 3. The van der Waals surface area contributed by atoms with Crippen LogP contribution in [0.4, 0.5) is 14.6 Å². The third-order valence-electron chi connectivity index (χ3n) is 1.79. The smallest absolute Gasteiger partial charge is 0.370 e. The number of hydrogen-bond donors (Lipinski definition) is 1. The van der Waals surface area contributed by atoms with Gasteiger partial charge in [0.15, 0.2) is 0 Å². The predicted octanol–water partition coefficient (Wildman–Crippen LogP) is 1.29. The molecule has 16 heavy (non-hydrogen) atoms. The fourth-order valence-electron chi connectivity index (χ4n) is 1.09. The first-order valence-electron chi connectivity index (χ1n) is 3.98. The van der Waals surface area contributed by atoms with Crippen LogP contribution in [0.15, 0.2) is 6.07 Å². The molecule has 0 saturated carbocycles. The van der Waals surface area contributed by atoms with E-state index in [0.717, 1.165) is 0 Å². The fourth-order valence-corrected chi connectivity index (χ4v) is 1.09. The monoisotopic (exact) mass is 229 g/mol. The van der Waals surface area contributed by atoms with Gasteiger partial charge in [0.25, 0.3) is 12.1 Å². The van der Waals surface area contributed by atoms with E-state index >= 15 is 0 Å². The van der Waals surface area contributed by atoms with Gasteiger partial charge in [0.1, 0.15) is 6.07 Å². The van der Waals surface area contributed by atoms with Gasteiger partial charge in [0.05, 0.1) is 17.7 Å². The Balaban J connectivity index is 3.48. The number of alkyl halides is 2. The van der Waals surface area contributed by atoms with Crippen molar-refractivity contribution in [3.05, 3.63) is 33.0 Å². The van der Waals surface area contributed by atoms with Crippen LogP contribution in [0, 0.1) is 21.4 Å². The largest absolute Gasteiger partial charge is 0.391 e. The number of aromatic nitrogens is 1. The molecular weight excluding hydrogens is 224 g/mol. The average molecular weight is 229 g/mol. The first-order valence-corrected chi connectivity index (χ1v) is 3.98. The van der Waals surface area contributed by atoms with Crippen LogP contribution in [-0.2, 0) is 6.61 Å². The first kappa shape index (κ1) is 11.9. The summed E-state index contributed by atoms with van der Waals surface area (Å²) in [5.74, 6) is -0.788. The quantitative estimate of drug-likeness (QED) is 0.621. The number of nitro groups is 1. The van der Waals surface area contributed by atoms with E-state index in [4.69, 9.17) is 10.4 Å². The van der Waals surface area contributed by atoms with E-state index in [2.05, 4.69) is 4.98 Å². The van der Waals surface area contributed by atoms with Crippen LogP contribution in [-0.4, -0.2) is 15.0 Å². The Bertz CT molecular complexity index is 470. The Morgan fingerprint density at radius 1 is 1.69 bits per heavy atom. The molecule has 0 radical (unpaired) electrons. The van der Waals surface area contributed by atoms with Gasteiger partial charge in [-0.2, -0.15) is 5.26 Å². The van der Waals surface area contributed by atoms with E-state index in [9.17, 15) is 18.9 Å². The van der Waals surface area contributed by atoms with Gasteiger partial charge in [-0.15, -0.1) is 0 Å². The summed E-state index contributed by atoms with van der Waals surface area (Å²) in [6.07, 6.45) is -2.98. The van der Waals surface area contributed by atoms with Crippen molar-refractivity contribution in [3.63, 3.8) is 0 Å². The van der Waals surface area contributed by atoms with Gasteiger partial charge in [-0.3, -0.25) is 0 Å². The molecule has 0 spiro atoms. The lowest BCUT2D eigenvalue weighted by Crippen LogP contribution is -2.04. The van der Waals surface area contributed by atoms with Gasteiger partial charge in [0.2, 0.25) is 0 Å². The maximum atomic E-state index is 12.4. The molecule has 1 N–H and O–H groups in total. The summed E-state index contributed by atoms with van der Waals surface area (Å²) in [5, 5.41) is 27.7. The van der Waals surface area contributed by atoms with Gasteiger partial charge in [-0.05, 0) is 16.0 Å². The highest BCUT2D eigenvalue weighted by atomic mass is 19.3. The molecule has 0 bridgehead atoms. The maximum absolute atomic E-state index is 12.4. The second-order valence-electron chi connectivity index (χ2n) is 2.74. The van der Waals surface area contributed by atoms with Crippen LogP contribution >= 0.6 is 0 Å². The van der Waals surface area contributed by atoms with Crippen LogP contribution in [0.2, 0.25) is 0 Å². The molecular formula is C8H5F2N3O3. The Labute approximate surface area is 87.9 Å². The van der Waals surface area contributed by atoms with Crippen LogP contribution in [0.5, 0.6) is 0 Å². The highest BCUT2D eigenvalue weighted by Gasteiger charge is 2.25. The zero-order valence-corrected chi connectivity index (χ0v) is 7.72. The summed E-state index contributed by atoms with van der Waals surface area (Å²) in [7, 11) is 0. The lowest BCUT2D eigenvalue weighted by Gasteiger charge is -2.03. The van der Waals surface area contributed by atoms with Crippen molar-refractivity contribution in [2.75, 3.05) is 0 Å². The molecule has 84 valence electrons. The number of aliphatic hydroxyl groups is 1. The number of nitriles is 1. The number of aliphatic hydroxyl groups excluding tert-OH is 1. The average Bonchev–Trinajstić information content (AvgIpc) is 2.26. The standard InChI is InChI=1S/C8H5F2N3O3/c9-7(10)5-1-4(3-14)8(13(15)16)12-6(5)2-11/h1,7,14H,3H2. The van der Waals surface area contributed by atoms with Crippen LogP contribution in [0.3, 0.4) is 0 Å². The molecule has 1 heterocycles. The molecule has 0 amide bonds. The van der Waals surface area contributed by atoms with Gasteiger partial charge in [-0.1, -0.05) is 0 Å². The maximum Gasteiger partial charge on any atom is 0.370 e. The number of halogens is 2. The zero-order chi connectivity index (χ0) is 12.3. The molecule has 0 aliphatic heterocycles. The minimum absolute atomic E-state index is 0.348. The van der Waals surface area contributed by atoms with Gasteiger partial charge < -0.3 is 15.2 Å². The lowest BCUT2D eigenvalue weighted by atomic mass is 10.1. The molecule has 0 aliphatic rings. The van der Waals surface area contributed by atoms with Crippen LogP contribution < -0.4 is 0 Å². The van der Waals surface area contributed by atoms with Crippen molar-refractivity contribution in [1.29, 1.82) is 5.26 Å². The number of pyridine rings is 1. The van der Waals surface area contributed by atoms with Gasteiger partial charge in [-0.25, -0.2) is 8.78 Å². The fraction of sp³-hybridized carbons (Fsp3) is 0.250. The van der Waals surface area contributed by atoms with E-state index in [1.807, 2.05) is 0 Å². The Kier molecular flexibility index (Phi) is 3.42. The molecule has 0 saturated heterocycles. The summed E-state index contributed by atoms with van der Waals surface area (Å²) in [5.41, 5.74) is -1.78. The van der Waals surface area contributed by atoms with Gasteiger partial charge in [0, 0.05) is 0 Å². The number of rotatable bonds is 3. The molecule has 1 rings (SSSR count). The molecule has 1 aromatic rings. The summed E-state index contributed by atoms with van der Waals surface area (Å²) < 4.78 is 24.8. The second kappa shape index (κ2) is 4.59. The van der Waals surface area contributed by atoms with Crippen molar-refractivity contribution in [1.82, 2.24) is 4.98 Å². The predicted molar refractivity (Wildman–Crippen MR) is 46.5 cm³/mol. The van der Waals surface area contributed by atoms with E-state index in [1.165, 1.54) is 6.07 Å². The molecule has 0 fully saturated rings. The van der Waals surface area contributed by atoms with Crippen molar-refractivity contribution in [2.45, 2.75) is 13.0 Å². The lowest BCUT2D eigenvalue weighted by molar-refractivity contribution is -0.390. The van der Waals surface area contributed by atoms with E-state index in [0.29, 0.717) is 6.07 Å². The van der Waals surface area contributed by atoms with E-state index in [1.54, 1.807) is 0 Å². The third-order valence-corrected chi connectivity index (χ3v) is 1.79. The molecule has 0 atom stereocenters. The second-order valence-corrected chi connectivity index (χ2v) is 2.74. The summed E-state index contributed by atoms with van der Waals surface area (Å²) in [4.78, 5) is 12.7. The van der Waals surface area contributed by atoms with Crippen molar-refractivity contribution in [2.24, 2.45) is 0 Å². The molecule has 0 aromatic carbocycles.